The van der Waals surface area contributed by atoms with Gasteiger partial charge < -0.3 is 10.0 Å². The third-order valence-corrected chi connectivity index (χ3v) is 1.90. The van der Waals surface area contributed by atoms with Gasteiger partial charge in [0.25, 0.3) is 0 Å². The highest BCUT2D eigenvalue weighted by Gasteiger charge is 2.04. The van der Waals surface area contributed by atoms with E-state index in [1.54, 1.807) is 14.1 Å². The maximum atomic E-state index is 10.9. The van der Waals surface area contributed by atoms with Crippen molar-refractivity contribution in [1.29, 1.82) is 0 Å². The first kappa shape index (κ1) is 11.3. The van der Waals surface area contributed by atoms with Crippen LogP contribution in [0.3, 0.4) is 0 Å². The fourth-order valence-electron chi connectivity index (χ4n) is 0.459. The summed E-state index contributed by atoms with van der Waals surface area (Å²) in [6, 6.07) is 0. The summed E-state index contributed by atoms with van der Waals surface area (Å²) in [5.74, 6) is -0.459. The number of carbonyl (C=O) groups is 2. The Labute approximate surface area is 75.9 Å². The monoisotopic (exact) mass is 190 g/mol. The average Bonchev–Trinajstić information content (AvgIpc) is 1.97. The molecule has 0 saturated carbocycles. The van der Waals surface area contributed by atoms with Crippen molar-refractivity contribution >= 4 is 23.6 Å². The van der Waals surface area contributed by atoms with Crippen LogP contribution in [0.2, 0.25) is 0 Å². The standard InChI is InChI=1S/C7H12NO3S/c1-8(2)6(9)3-4-12-5-7(10)11/h3H,4-5H2,1-2H3,(H,10,11). The van der Waals surface area contributed by atoms with Crippen LogP contribution < -0.4 is 0 Å². The van der Waals surface area contributed by atoms with E-state index < -0.39 is 5.97 Å². The Morgan fingerprint density at radius 2 is 2.08 bits per heavy atom. The predicted molar refractivity (Wildman–Crippen MR) is 48.0 cm³/mol. The van der Waals surface area contributed by atoms with E-state index in [1.807, 2.05) is 0 Å². The van der Waals surface area contributed by atoms with Crippen molar-refractivity contribution in [2.75, 3.05) is 25.6 Å². The normalized spacial score (nSPS) is 9.50. The van der Waals surface area contributed by atoms with E-state index in [0.29, 0.717) is 5.75 Å². The van der Waals surface area contributed by atoms with E-state index >= 15 is 0 Å². The lowest BCUT2D eigenvalue weighted by Crippen LogP contribution is -2.22. The van der Waals surface area contributed by atoms with Gasteiger partial charge in [-0.25, -0.2) is 0 Å². The number of hydrogen-bond donors (Lipinski definition) is 1. The van der Waals surface area contributed by atoms with E-state index in [1.165, 1.54) is 23.1 Å². The Morgan fingerprint density at radius 3 is 2.50 bits per heavy atom. The highest BCUT2D eigenvalue weighted by Crippen LogP contribution is 2.01. The van der Waals surface area contributed by atoms with Crippen LogP contribution in [0.15, 0.2) is 0 Å². The molecule has 1 amide bonds. The minimum absolute atomic E-state index is 0.0389. The molecule has 0 aliphatic rings. The molecular weight excluding hydrogens is 178 g/mol. The first-order chi connectivity index (χ1) is 5.54. The van der Waals surface area contributed by atoms with Crippen LogP contribution >= 0.6 is 11.8 Å². The maximum absolute atomic E-state index is 10.9. The summed E-state index contributed by atoms with van der Waals surface area (Å²) < 4.78 is 0. The van der Waals surface area contributed by atoms with Gasteiger partial charge in [0.1, 0.15) is 0 Å². The molecule has 0 spiro atoms. The molecule has 5 heteroatoms. The maximum Gasteiger partial charge on any atom is 0.313 e. The summed E-state index contributed by atoms with van der Waals surface area (Å²) >= 11 is 1.20. The molecule has 0 aliphatic carbocycles. The zero-order valence-corrected chi connectivity index (χ0v) is 7.93. The van der Waals surface area contributed by atoms with E-state index in [4.69, 9.17) is 5.11 Å². The van der Waals surface area contributed by atoms with Crippen LogP contribution in [0, 0.1) is 6.42 Å². The second-order valence-corrected chi connectivity index (χ2v) is 3.38. The summed E-state index contributed by atoms with van der Waals surface area (Å²) in [6.45, 7) is 0. The Hall–Kier alpha value is -0.710. The van der Waals surface area contributed by atoms with Gasteiger partial charge in [-0.05, 0) is 0 Å². The fraction of sp³-hybridized carbons (Fsp3) is 0.571. The van der Waals surface area contributed by atoms with Crippen molar-refractivity contribution in [3.05, 3.63) is 6.42 Å². The average molecular weight is 190 g/mol. The molecule has 0 fully saturated rings. The van der Waals surface area contributed by atoms with Gasteiger partial charge in [0.15, 0.2) is 0 Å². The number of carboxylic acid groups (broad SMARTS) is 1. The molecule has 0 unspecified atom stereocenters. The molecule has 12 heavy (non-hydrogen) atoms. The van der Waals surface area contributed by atoms with Crippen LogP contribution in [0.1, 0.15) is 0 Å². The van der Waals surface area contributed by atoms with Gasteiger partial charge >= 0.3 is 5.97 Å². The van der Waals surface area contributed by atoms with Crippen LogP contribution in [0.25, 0.3) is 0 Å². The molecule has 0 rings (SSSR count). The lowest BCUT2D eigenvalue weighted by atomic mass is 10.4. The summed E-state index contributed by atoms with van der Waals surface area (Å²) in [7, 11) is 3.31. The third-order valence-electron chi connectivity index (χ3n) is 1.04. The van der Waals surface area contributed by atoms with Crippen LogP contribution in [0.5, 0.6) is 0 Å². The first-order valence-corrected chi connectivity index (χ1v) is 4.53. The van der Waals surface area contributed by atoms with Gasteiger partial charge in [0.05, 0.1) is 12.2 Å². The Morgan fingerprint density at radius 1 is 1.50 bits per heavy atom. The number of carboxylic acids is 1. The van der Waals surface area contributed by atoms with E-state index in [2.05, 4.69) is 0 Å². The number of nitrogens with zero attached hydrogens (tertiary/aromatic N) is 1. The van der Waals surface area contributed by atoms with Crippen molar-refractivity contribution in [1.82, 2.24) is 4.90 Å². The summed E-state index contributed by atoms with van der Waals surface area (Å²) in [5, 5.41) is 8.26. The van der Waals surface area contributed by atoms with Crippen molar-refractivity contribution < 1.29 is 14.7 Å². The molecule has 4 nitrogen and oxygen atoms in total. The molecule has 0 saturated heterocycles. The Balaban J connectivity index is 3.32. The number of rotatable bonds is 5. The highest BCUT2D eigenvalue weighted by atomic mass is 32.2. The molecule has 1 N–H and O–H groups in total. The van der Waals surface area contributed by atoms with Crippen LogP contribution in [0.4, 0.5) is 0 Å². The topological polar surface area (TPSA) is 57.6 Å². The lowest BCUT2D eigenvalue weighted by molar-refractivity contribution is -0.134. The van der Waals surface area contributed by atoms with Crippen LogP contribution in [-0.2, 0) is 9.59 Å². The van der Waals surface area contributed by atoms with Gasteiger partial charge in [-0.15, -0.1) is 11.8 Å². The number of carbonyl (C=O) groups excluding carboxylic acids is 1. The highest BCUT2D eigenvalue weighted by molar-refractivity contribution is 8.00. The molecule has 69 valence electrons. The largest absolute Gasteiger partial charge is 0.481 e. The molecule has 0 atom stereocenters. The van der Waals surface area contributed by atoms with Crippen molar-refractivity contribution in [3.8, 4) is 0 Å². The van der Waals surface area contributed by atoms with Crippen molar-refractivity contribution in [2.45, 2.75) is 0 Å². The third kappa shape index (κ3) is 6.03. The van der Waals surface area contributed by atoms with Crippen molar-refractivity contribution in [2.24, 2.45) is 0 Å². The number of hydrogen-bond acceptors (Lipinski definition) is 3. The van der Waals surface area contributed by atoms with Gasteiger partial charge in [-0.1, -0.05) is 0 Å². The predicted octanol–water partition coefficient (Wildman–Crippen LogP) is 0.0967. The molecule has 0 bridgehead atoms. The Kier molecular flexibility index (Phi) is 5.53. The molecule has 0 aliphatic heterocycles. The SMILES string of the molecule is CN(C)C(=O)[CH]CSCC(=O)O. The molecule has 0 heterocycles. The first-order valence-electron chi connectivity index (χ1n) is 3.38. The summed E-state index contributed by atoms with van der Waals surface area (Å²) in [6.07, 6.45) is 1.47. The van der Waals surface area contributed by atoms with Gasteiger partial charge in [-0.2, -0.15) is 0 Å². The number of amides is 1. The summed E-state index contributed by atoms with van der Waals surface area (Å²) in [5.41, 5.74) is 0. The van der Waals surface area contributed by atoms with Crippen molar-refractivity contribution in [3.63, 3.8) is 0 Å². The molecule has 0 aromatic rings. The zero-order chi connectivity index (χ0) is 9.56. The quantitative estimate of drug-likeness (QED) is 0.624. The van der Waals surface area contributed by atoms with Gasteiger partial charge in [0, 0.05) is 19.8 Å². The second kappa shape index (κ2) is 5.88. The van der Waals surface area contributed by atoms with Crippen LogP contribution in [-0.4, -0.2) is 47.5 Å². The fourth-order valence-corrected chi connectivity index (χ4v) is 1.01. The minimum atomic E-state index is -0.856. The minimum Gasteiger partial charge on any atom is -0.481 e. The Bertz CT molecular complexity index is 170. The molecular formula is C7H12NO3S. The molecule has 1 radical (unpaired) electrons. The van der Waals surface area contributed by atoms with E-state index in [0.717, 1.165) is 0 Å². The second-order valence-electron chi connectivity index (χ2n) is 2.35. The van der Waals surface area contributed by atoms with Gasteiger partial charge in [-0.3, -0.25) is 9.59 Å². The zero-order valence-electron chi connectivity index (χ0n) is 7.11. The molecule has 0 aromatic heterocycles. The summed E-state index contributed by atoms with van der Waals surface area (Å²) in [4.78, 5) is 22.4. The molecule has 0 aromatic carbocycles. The van der Waals surface area contributed by atoms with Gasteiger partial charge in [0.2, 0.25) is 5.91 Å². The van der Waals surface area contributed by atoms with E-state index in [-0.39, 0.29) is 11.7 Å². The lowest BCUT2D eigenvalue weighted by Gasteiger charge is -2.08. The smallest absolute Gasteiger partial charge is 0.313 e. The number of aliphatic carboxylic acids is 1. The van der Waals surface area contributed by atoms with E-state index in [9.17, 15) is 9.59 Å². The number of thioether (sulfide) groups is 1.